The van der Waals surface area contributed by atoms with Crippen LogP contribution in [0.2, 0.25) is 0 Å². The van der Waals surface area contributed by atoms with Crippen LogP contribution >= 0.6 is 11.8 Å². The predicted molar refractivity (Wildman–Crippen MR) is 109 cm³/mol. The molecule has 0 fully saturated rings. The Balaban J connectivity index is 1.70. The van der Waals surface area contributed by atoms with Crippen LogP contribution in [0.5, 0.6) is 0 Å². The quantitative estimate of drug-likeness (QED) is 0.588. The van der Waals surface area contributed by atoms with E-state index >= 15 is 0 Å². The molecule has 0 spiro atoms. The summed E-state index contributed by atoms with van der Waals surface area (Å²) < 4.78 is 15.3. The van der Waals surface area contributed by atoms with Gasteiger partial charge in [0.05, 0.1) is 5.25 Å². The van der Waals surface area contributed by atoms with E-state index < -0.39 is 0 Å². The number of carbonyl (C=O) groups is 1. The predicted octanol–water partition coefficient (Wildman–Crippen LogP) is 4.07. The highest BCUT2D eigenvalue weighted by Gasteiger charge is 2.22. The lowest BCUT2D eigenvalue weighted by Gasteiger charge is -2.21. The molecule has 146 valence electrons. The zero-order valence-corrected chi connectivity index (χ0v) is 17.2. The van der Waals surface area contributed by atoms with Gasteiger partial charge in [-0.2, -0.15) is 0 Å². The summed E-state index contributed by atoms with van der Waals surface area (Å²) in [7, 11) is 3.62. The number of aryl methyl sites for hydroxylation is 1. The number of hydrogen-bond acceptors (Lipinski definition) is 4. The summed E-state index contributed by atoms with van der Waals surface area (Å²) >= 11 is 1.37. The van der Waals surface area contributed by atoms with Gasteiger partial charge in [0.2, 0.25) is 5.91 Å². The number of halogens is 1. The highest BCUT2D eigenvalue weighted by molar-refractivity contribution is 8.00. The minimum atomic E-state index is -0.342. The number of hydrogen-bond donors (Lipinski definition) is 0. The van der Waals surface area contributed by atoms with Crippen molar-refractivity contribution in [1.29, 1.82) is 0 Å². The van der Waals surface area contributed by atoms with Crippen LogP contribution in [0.3, 0.4) is 0 Å². The van der Waals surface area contributed by atoms with E-state index in [1.165, 1.54) is 23.9 Å². The molecule has 2 aromatic carbocycles. The molecule has 3 aromatic rings. The second-order valence-electron chi connectivity index (χ2n) is 6.76. The van der Waals surface area contributed by atoms with Gasteiger partial charge >= 0.3 is 0 Å². The van der Waals surface area contributed by atoms with E-state index in [2.05, 4.69) is 10.2 Å². The van der Waals surface area contributed by atoms with Gasteiger partial charge in [-0.25, -0.2) is 4.39 Å². The summed E-state index contributed by atoms with van der Waals surface area (Å²) in [5.41, 5.74) is 2.90. The molecule has 0 bridgehead atoms. The Hall–Kier alpha value is -2.67. The van der Waals surface area contributed by atoms with E-state index in [1.807, 2.05) is 55.8 Å². The Kier molecular flexibility index (Phi) is 6.14. The fraction of sp³-hybridized carbons (Fsp3) is 0.286. The lowest BCUT2D eigenvalue weighted by atomic mass is 10.1. The molecule has 7 heteroatoms. The zero-order chi connectivity index (χ0) is 20.3. The molecule has 0 aliphatic rings. The number of carbonyl (C=O) groups excluding carboxylic acids is 1. The first-order chi connectivity index (χ1) is 13.4. The zero-order valence-electron chi connectivity index (χ0n) is 16.4. The third-order valence-electron chi connectivity index (χ3n) is 4.54. The van der Waals surface area contributed by atoms with Crippen molar-refractivity contribution in [3.05, 3.63) is 65.5 Å². The third kappa shape index (κ3) is 4.42. The fourth-order valence-corrected chi connectivity index (χ4v) is 3.91. The van der Waals surface area contributed by atoms with Crippen molar-refractivity contribution in [2.75, 3.05) is 7.05 Å². The van der Waals surface area contributed by atoms with Crippen LogP contribution in [0.15, 0.2) is 53.7 Å². The molecule has 0 unspecified atom stereocenters. The molecule has 0 aliphatic carbocycles. The van der Waals surface area contributed by atoms with Crippen molar-refractivity contribution in [3.8, 4) is 11.4 Å². The number of amides is 1. The first-order valence-corrected chi connectivity index (χ1v) is 9.86. The maximum atomic E-state index is 13.4. The first-order valence-electron chi connectivity index (χ1n) is 8.98. The maximum Gasteiger partial charge on any atom is 0.235 e. The average Bonchev–Trinajstić information content (AvgIpc) is 3.01. The Labute approximate surface area is 168 Å². The minimum Gasteiger partial charge on any atom is -0.340 e. The molecule has 28 heavy (non-hydrogen) atoms. The molecular formula is C21H23FN4OS. The summed E-state index contributed by atoms with van der Waals surface area (Å²) in [6.45, 7) is 4.23. The van der Waals surface area contributed by atoms with Crippen molar-refractivity contribution < 1.29 is 9.18 Å². The highest BCUT2D eigenvalue weighted by Crippen LogP contribution is 2.28. The van der Waals surface area contributed by atoms with Gasteiger partial charge in [-0.1, -0.05) is 48.2 Å². The normalized spacial score (nSPS) is 12.0. The van der Waals surface area contributed by atoms with E-state index in [0.29, 0.717) is 11.7 Å². The van der Waals surface area contributed by atoms with E-state index in [1.54, 1.807) is 18.0 Å². The maximum absolute atomic E-state index is 13.4. The molecule has 1 aromatic heterocycles. The molecule has 1 atom stereocenters. The van der Waals surface area contributed by atoms with E-state index in [-0.39, 0.29) is 17.0 Å². The van der Waals surface area contributed by atoms with Crippen LogP contribution in [0.25, 0.3) is 11.4 Å². The molecule has 0 radical (unpaired) electrons. The Morgan fingerprint density at radius 2 is 1.96 bits per heavy atom. The van der Waals surface area contributed by atoms with Crippen molar-refractivity contribution in [1.82, 2.24) is 19.7 Å². The molecule has 0 N–H and O–H groups in total. The topological polar surface area (TPSA) is 51.0 Å². The molecule has 0 saturated carbocycles. The van der Waals surface area contributed by atoms with Gasteiger partial charge in [0.15, 0.2) is 11.0 Å². The molecule has 5 nitrogen and oxygen atoms in total. The van der Waals surface area contributed by atoms with E-state index in [0.717, 1.165) is 22.5 Å². The molecular weight excluding hydrogens is 375 g/mol. The molecule has 0 saturated heterocycles. The number of benzene rings is 2. The molecule has 1 heterocycles. The average molecular weight is 399 g/mol. The summed E-state index contributed by atoms with van der Waals surface area (Å²) in [4.78, 5) is 14.3. The highest BCUT2D eigenvalue weighted by atomic mass is 32.2. The van der Waals surface area contributed by atoms with Crippen LogP contribution in [0, 0.1) is 12.7 Å². The summed E-state index contributed by atoms with van der Waals surface area (Å²) in [5, 5.41) is 8.91. The SMILES string of the molecule is Cc1ccccc1-c1nnc(S[C@@H](C)C(=O)N(C)Cc2cccc(F)c2)n1C. The smallest absolute Gasteiger partial charge is 0.235 e. The number of thioether (sulfide) groups is 1. The van der Waals surface area contributed by atoms with Gasteiger partial charge in [0, 0.05) is 26.2 Å². The minimum absolute atomic E-state index is 0.0466. The third-order valence-corrected chi connectivity index (χ3v) is 5.66. The van der Waals surface area contributed by atoms with Crippen molar-refractivity contribution in [3.63, 3.8) is 0 Å². The summed E-state index contributed by atoms with van der Waals surface area (Å²) in [6.07, 6.45) is 0. The van der Waals surface area contributed by atoms with Gasteiger partial charge < -0.3 is 9.47 Å². The van der Waals surface area contributed by atoms with Crippen LogP contribution < -0.4 is 0 Å². The van der Waals surface area contributed by atoms with Crippen molar-refractivity contribution in [2.24, 2.45) is 7.05 Å². The van der Waals surface area contributed by atoms with Crippen LogP contribution in [0.4, 0.5) is 4.39 Å². The molecule has 0 aliphatic heterocycles. The van der Waals surface area contributed by atoms with Crippen molar-refractivity contribution >= 4 is 17.7 Å². The second kappa shape index (κ2) is 8.56. The van der Waals surface area contributed by atoms with Gasteiger partial charge in [0.25, 0.3) is 0 Å². The fourth-order valence-electron chi connectivity index (χ4n) is 2.98. The largest absolute Gasteiger partial charge is 0.340 e. The summed E-state index contributed by atoms with van der Waals surface area (Å²) in [5.74, 6) is 0.423. The van der Waals surface area contributed by atoms with Crippen LogP contribution in [0.1, 0.15) is 18.1 Å². The van der Waals surface area contributed by atoms with Gasteiger partial charge in [-0.15, -0.1) is 10.2 Å². The Morgan fingerprint density at radius 1 is 1.21 bits per heavy atom. The lowest BCUT2D eigenvalue weighted by Crippen LogP contribution is -2.33. The van der Waals surface area contributed by atoms with Crippen LogP contribution in [-0.4, -0.2) is 37.9 Å². The van der Waals surface area contributed by atoms with E-state index in [4.69, 9.17) is 0 Å². The first kappa shape index (κ1) is 20.1. The number of rotatable bonds is 6. The monoisotopic (exact) mass is 398 g/mol. The Bertz CT molecular complexity index is 988. The van der Waals surface area contributed by atoms with Gasteiger partial charge in [0.1, 0.15) is 5.82 Å². The van der Waals surface area contributed by atoms with Gasteiger partial charge in [-0.05, 0) is 37.1 Å². The van der Waals surface area contributed by atoms with E-state index in [9.17, 15) is 9.18 Å². The standard InChI is InChI=1S/C21H23FN4OS/c1-14-8-5-6-11-18(14)19-23-24-21(26(19)4)28-15(2)20(27)25(3)13-16-9-7-10-17(22)12-16/h5-12,15H,13H2,1-4H3/t15-/m0/s1. The summed E-state index contributed by atoms with van der Waals surface area (Å²) in [6, 6.07) is 14.3. The Morgan fingerprint density at radius 3 is 2.68 bits per heavy atom. The lowest BCUT2D eigenvalue weighted by molar-refractivity contribution is -0.129. The van der Waals surface area contributed by atoms with Gasteiger partial charge in [-0.3, -0.25) is 4.79 Å². The van der Waals surface area contributed by atoms with Crippen LogP contribution in [-0.2, 0) is 18.4 Å². The second-order valence-corrected chi connectivity index (χ2v) is 8.07. The number of aromatic nitrogens is 3. The number of nitrogens with zero attached hydrogens (tertiary/aromatic N) is 4. The molecule has 1 amide bonds. The molecule has 3 rings (SSSR count). The van der Waals surface area contributed by atoms with Crippen molar-refractivity contribution in [2.45, 2.75) is 30.8 Å².